The number of methoxy groups -OCH3 is 1. The van der Waals surface area contributed by atoms with Crippen molar-refractivity contribution in [2.75, 3.05) is 31.8 Å². The molecule has 1 unspecified atom stereocenters. The lowest BCUT2D eigenvalue weighted by molar-refractivity contribution is -0.120. The predicted molar refractivity (Wildman–Crippen MR) is 66.6 cm³/mol. The van der Waals surface area contributed by atoms with Gasteiger partial charge in [0.25, 0.3) is 0 Å². The number of aliphatic hydroxyl groups excluding tert-OH is 1. The van der Waals surface area contributed by atoms with Gasteiger partial charge in [-0.3, -0.25) is 9.59 Å². The van der Waals surface area contributed by atoms with E-state index < -0.39 is 6.10 Å². The summed E-state index contributed by atoms with van der Waals surface area (Å²) in [5, 5.41) is 12.0. The summed E-state index contributed by atoms with van der Waals surface area (Å²) in [4.78, 5) is 21.7. The van der Waals surface area contributed by atoms with Gasteiger partial charge in [-0.15, -0.1) is 0 Å². The van der Waals surface area contributed by atoms with Crippen molar-refractivity contribution in [3.05, 3.63) is 0 Å². The van der Waals surface area contributed by atoms with Gasteiger partial charge in [0.15, 0.2) is 0 Å². The number of primary amides is 1. The lowest BCUT2D eigenvalue weighted by Crippen LogP contribution is -2.28. The molecule has 0 rings (SSSR count). The Bertz CT molecular complexity index is 238. The summed E-state index contributed by atoms with van der Waals surface area (Å²) >= 11 is 1.33. The van der Waals surface area contributed by atoms with Crippen LogP contribution in [0.2, 0.25) is 0 Å². The molecule has 1 atom stereocenters. The first-order chi connectivity index (χ1) is 8.06. The summed E-state index contributed by atoms with van der Waals surface area (Å²) in [5.41, 5.74) is 4.95. The van der Waals surface area contributed by atoms with Gasteiger partial charge in [-0.25, -0.2) is 0 Å². The third kappa shape index (κ3) is 11.5. The Morgan fingerprint density at radius 1 is 1.53 bits per heavy atom. The van der Waals surface area contributed by atoms with Crippen molar-refractivity contribution >= 4 is 23.6 Å². The molecule has 0 fully saturated rings. The lowest BCUT2D eigenvalue weighted by Gasteiger charge is -2.09. The van der Waals surface area contributed by atoms with Gasteiger partial charge in [0, 0.05) is 25.8 Å². The smallest absolute Gasteiger partial charge is 0.227 e. The van der Waals surface area contributed by atoms with E-state index in [4.69, 9.17) is 10.5 Å². The molecule has 0 aromatic carbocycles. The van der Waals surface area contributed by atoms with E-state index in [2.05, 4.69) is 5.32 Å². The van der Waals surface area contributed by atoms with E-state index >= 15 is 0 Å². The van der Waals surface area contributed by atoms with Gasteiger partial charge in [0.2, 0.25) is 11.8 Å². The third-order valence-corrected chi connectivity index (χ3v) is 2.86. The standard InChI is InChI=1S/C10H20N2O4S/c1-16-6-8(13)2-4-12-10(15)3-5-17-7-9(11)14/h8,13H,2-7H2,1H3,(H2,11,14)(H,12,15). The number of thioether (sulfide) groups is 1. The van der Waals surface area contributed by atoms with Crippen molar-refractivity contribution in [2.24, 2.45) is 5.73 Å². The maximum Gasteiger partial charge on any atom is 0.227 e. The lowest BCUT2D eigenvalue weighted by atomic mass is 10.2. The Labute approximate surface area is 105 Å². The Kier molecular flexibility index (Phi) is 9.89. The molecule has 17 heavy (non-hydrogen) atoms. The number of amides is 2. The average Bonchev–Trinajstić information content (AvgIpc) is 2.24. The number of aliphatic hydroxyl groups is 1. The van der Waals surface area contributed by atoms with Gasteiger partial charge in [0.05, 0.1) is 18.5 Å². The van der Waals surface area contributed by atoms with Gasteiger partial charge in [-0.1, -0.05) is 0 Å². The highest BCUT2D eigenvalue weighted by Gasteiger charge is 2.05. The first kappa shape index (κ1) is 16.2. The number of nitrogens with two attached hydrogens (primary N) is 1. The highest BCUT2D eigenvalue weighted by molar-refractivity contribution is 7.99. The zero-order valence-electron chi connectivity index (χ0n) is 9.98. The van der Waals surface area contributed by atoms with Crippen LogP contribution in [0.1, 0.15) is 12.8 Å². The van der Waals surface area contributed by atoms with Gasteiger partial charge in [0.1, 0.15) is 0 Å². The molecular weight excluding hydrogens is 244 g/mol. The zero-order chi connectivity index (χ0) is 13.1. The fourth-order valence-electron chi connectivity index (χ4n) is 1.08. The first-order valence-corrected chi connectivity index (χ1v) is 6.51. The quantitative estimate of drug-likeness (QED) is 0.444. The van der Waals surface area contributed by atoms with Crippen molar-refractivity contribution in [3.8, 4) is 0 Å². The minimum absolute atomic E-state index is 0.0911. The van der Waals surface area contributed by atoms with Crippen LogP contribution >= 0.6 is 11.8 Å². The second kappa shape index (κ2) is 10.4. The molecule has 0 aliphatic heterocycles. The minimum atomic E-state index is -0.551. The number of carbonyl (C=O) groups excluding carboxylic acids is 2. The van der Waals surface area contributed by atoms with Crippen LogP contribution in [0, 0.1) is 0 Å². The maximum absolute atomic E-state index is 11.3. The minimum Gasteiger partial charge on any atom is -0.391 e. The molecule has 4 N–H and O–H groups in total. The number of nitrogens with one attached hydrogen (secondary N) is 1. The van der Waals surface area contributed by atoms with E-state index in [9.17, 15) is 14.7 Å². The van der Waals surface area contributed by atoms with Crippen LogP contribution in [0.25, 0.3) is 0 Å². The molecule has 0 spiro atoms. The van der Waals surface area contributed by atoms with Crippen molar-refractivity contribution in [3.63, 3.8) is 0 Å². The molecule has 100 valence electrons. The molecule has 0 aliphatic carbocycles. The third-order valence-electron chi connectivity index (χ3n) is 1.88. The van der Waals surface area contributed by atoms with E-state index in [-0.39, 0.29) is 24.2 Å². The highest BCUT2D eigenvalue weighted by Crippen LogP contribution is 2.01. The van der Waals surface area contributed by atoms with Gasteiger partial charge >= 0.3 is 0 Å². The van der Waals surface area contributed by atoms with Crippen molar-refractivity contribution in [2.45, 2.75) is 18.9 Å². The normalized spacial score (nSPS) is 12.1. The first-order valence-electron chi connectivity index (χ1n) is 5.36. The fraction of sp³-hybridized carbons (Fsp3) is 0.800. The van der Waals surface area contributed by atoms with Crippen molar-refractivity contribution in [1.82, 2.24) is 5.32 Å². The van der Waals surface area contributed by atoms with Crippen LogP contribution < -0.4 is 11.1 Å². The Morgan fingerprint density at radius 3 is 2.82 bits per heavy atom. The molecule has 0 bridgehead atoms. The molecule has 0 aliphatic rings. The molecular formula is C10H20N2O4S. The van der Waals surface area contributed by atoms with Crippen LogP contribution in [-0.4, -0.2) is 54.8 Å². The van der Waals surface area contributed by atoms with E-state index in [1.807, 2.05) is 0 Å². The van der Waals surface area contributed by atoms with E-state index in [1.165, 1.54) is 18.9 Å². The molecule has 6 nitrogen and oxygen atoms in total. The van der Waals surface area contributed by atoms with Crippen LogP contribution in [0.3, 0.4) is 0 Å². The largest absolute Gasteiger partial charge is 0.391 e. The van der Waals surface area contributed by atoms with Crippen LogP contribution in [0.4, 0.5) is 0 Å². The SMILES string of the molecule is COCC(O)CCNC(=O)CCSCC(N)=O. The Hall–Kier alpha value is -0.790. The topological polar surface area (TPSA) is 102 Å². The molecule has 7 heteroatoms. The molecule has 0 saturated heterocycles. The molecule has 0 aromatic heterocycles. The fourth-order valence-corrected chi connectivity index (χ4v) is 1.76. The second-order valence-electron chi connectivity index (χ2n) is 3.52. The zero-order valence-corrected chi connectivity index (χ0v) is 10.8. The number of carbonyl (C=O) groups is 2. The van der Waals surface area contributed by atoms with E-state index in [1.54, 1.807) is 0 Å². The molecule has 0 saturated carbocycles. The molecule has 0 aromatic rings. The summed E-state index contributed by atoms with van der Waals surface area (Å²) < 4.78 is 4.75. The molecule has 0 radical (unpaired) electrons. The van der Waals surface area contributed by atoms with Gasteiger partial charge < -0.3 is 20.9 Å². The van der Waals surface area contributed by atoms with Gasteiger partial charge in [-0.05, 0) is 6.42 Å². The number of hydrogen-bond donors (Lipinski definition) is 3. The summed E-state index contributed by atoms with van der Waals surface area (Å²) in [6.07, 6.45) is 0.260. The number of ether oxygens (including phenoxy) is 1. The highest BCUT2D eigenvalue weighted by atomic mass is 32.2. The van der Waals surface area contributed by atoms with E-state index in [0.29, 0.717) is 25.1 Å². The molecule has 2 amide bonds. The molecule has 0 heterocycles. The van der Waals surface area contributed by atoms with Crippen LogP contribution in [0.15, 0.2) is 0 Å². The summed E-state index contributed by atoms with van der Waals surface area (Å²) in [5.74, 6) is 0.333. The second-order valence-corrected chi connectivity index (χ2v) is 4.62. The van der Waals surface area contributed by atoms with E-state index in [0.717, 1.165) is 0 Å². The van der Waals surface area contributed by atoms with Crippen LogP contribution in [-0.2, 0) is 14.3 Å². The Morgan fingerprint density at radius 2 is 2.24 bits per heavy atom. The Balaban J connectivity index is 3.37. The average molecular weight is 264 g/mol. The van der Waals surface area contributed by atoms with Crippen molar-refractivity contribution < 1.29 is 19.4 Å². The maximum atomic E-state index is 11.3. The number of rotatable bonds is 10. The van der Waals surface area contributed by atoms with Gasteiger partial charge in [-0.2, -0.15) is 11.8 Å². The summed E-state index contributed by atoms with van der Waals surface area (Å²) in [6, 6.07) is 0. The predicted octanol–water partition coefficient (Wildman–Crippen LogP) is -0.891. The van der Waals surface area contributed by atoms with Crippen molar-refractivity contribution in [1.29, 1.82) is 0 Å². The monoisotopic (exact) mass is 264 g/mol. The summed E-state index contributed by atoms with van der Waals surface area (Å²) in [6.45, 7) is 0.689. The van der Waals surface area contributed by atoms with Crippen LogP contribution in [0.5, 0.6) is 0 Å². The number of hydrogen-bond acceptors (Lipinski definition) is 5. The summed E-state index contributed by atoms with van der Waals surface area (Å²) in [7, 11) is 1.51.